The fraction of sp³-hybridized carbons (Fsp3) is 0.125. The molecule has 0 amide bonds. The molecule has 0 unspecified atom stereocenters. The molecule has 27 heavy (non-hydrogen) atoms. The van der Waals surface area contributed by atoms with Crippen LogP contribution in [0.2, 0.25) is 0 Å². The van der Waals surface area contributed by atoms with Gasteiger partial charge in [0.15, 0.2) is 0 Å². The van der Waals surface area contributed by atoms with Gasteiger partial charge in [0.05, 0.1) is 12.2 Å². The Kier molecular flexibility index (Phi) is 6.42. The zero-order valence-corrected chi connectivity index (χ0v) is 15.3. The molecule has 0 atom stereocenters. The average molecular weight is 358 g/mol. The summed E-state index contributed by atoms with van der Waals surface area (Å²) in [7, 11) is 0. The second kappa shape index (κ2) is 9.39. The van der Waals surface area contributed by atoms with Crippen LogP contribution in [0, 0.1) is 0 Å². The van der Waals surface area contributed by atoms with E-state index in [1.54, 1.807) is 19.1 Å². The largest absolute Gasteiger partial charge is 0.488 e. The Hall–Kier alpha value is -3.33. The highest BCUT2D eigenvalue weighted by Crippen LogP contribution is 2.22. The van der Waals surface area contributed by atoms with Crippen molar-refractivity contribution in [1.82, 2.24) is 0 Å². The maximum atomic E-state index is 11.9. The first-order valence-corrected chi connectivity index (χ1v) is 8.97. The number of ether oxygens (including phenoxy) is 2. The van der Waals surface area contributed by atoms with E-state index in [1.807, 2.05) is 78.9 Å². The van der Waals surface area contributed by atoms with E-state index in [0.717, 1.165) is 22.4 Å². The van der Waals surface area contributed by atoms with Crippen molar-refractivity contribution in [3.8, 4) is 0 Å². The number of carbonyl (C=O) groups is 1. The summed E-state index contributed by atoms with van der Waals surface area (Å²) in [4.78, 5) is 11.9. The molecule has 3 aromatic carbocycles. The van der Waals surface area contributed by atoms with E-state index in [0.29, 0.717) is 18.8 Å². The van der Waals surface area contributed by atoms with E-state index in [1.165, 1.54) is 0 Å². The number of benzene rings is 3. The lowest BCUT2D eigenvalue weighted by Gasteiger charge is -2.12. The Labute approximate surface area is 159 Å². The molecule has 0 N–H and O–H groups in total. The predicted octanol–water partition coefficient (Wildman–Crippen LogP) is 5.58. The molecule has 0 aliphatic carbocycles. The minimum absolute atomic E-state index is 0.317. The summed E-state index contributed by atoms with van der Waals surface area (Å²) in [6.45, 7) is 2.63. The monoisotopic (exact) mass is 358 g/mol. The molecule has 0 heterocycles. The maximum Gasteiger partial charge on any atom is 0.338 e. The highest BCUT2D eigenvalue weighted by molar-refractivity contribution is 5.90. The molecule has 0 saturated heterocycles. The number of rotatable bonds is 7. The smallest absolute Gasteiger partial charge is 0.338 e. The minimum Gasteiger partial charge on any atom is -0.488 e. The molecule has 0 saturated carbocycles. The summed E-state index contributed by atoms with van der Waals surface area (Å²) in [6.07, 6.45) is 2.00. The van der Waals surface area contributed by atoms with Gasteiger partial charge in [0.2, 0.25) is 0 Å². The van der Waals surface area contributed by atoms with Gasteiger partial charge in [-0.05, 0) is 36.3 Å². The van der Waals surface area contributed by atoms with Gasteiger partial charge in [-0.15, -0.1) is 0 Å². The lowest BCUT2D eigenvalue weighted by Crippen LogP contribution is -2.04. The van der Waals surface area contributed by atoms with Crippen LogP contribution in [0.5, 0.6) is 0 Å². The van der Waals surface area contributed by atoms with Crippen LogP contribution in [0.15, 0.2) is 84.9 Å². The lowest BCUT2D eigenvalue weighted by atomic mass is 10.1. The van der Waals surface area contributed by atoms with Crippen molar-refractivity contribution in [2.75, 3.05) is 6.61 Å². The van der Waals surface area contributed by atoms with Gasteiger partial charge in [-0.2, -0.15) is 0 Å². The third-order valence-electron chi connectivity index (χ3n) is 4.02. The second-order valence-corrected chi connectivity index (χ2v) is 5.99. The Balaban J connectivity index is 1.85. The summed E-state index contributed by atoms with van der Waals surface area (Å²) >= 11 is 0. The van der Waals surface area contributed by atoms with Gasteiger partial charge in [-0.25, -0.2) is 4.79 Å². The van der Waals surface area contributed by atoms with Gasteiger partial charge in [-0.1, -0.05) is 72.8 Å². The van der Waals surface area contributed by atoms with E-state index in [-0.39, 0.29) is 5.97 Å². The van der Waals surface area contributed by atoms with E-state index >= 15 is 0 Å². The van der Waals surface area contributed by atoms with E-state index < -0.39 is 0 Å². The highest BCUT2D eigenvalue weighted by Gasteiger charge is 2.09. The van der Waals surface area contributed by atoms with Gasteiger partial charge < -0.3 is 9.47 Å². The van der Waals surface area contributed by atoms with Gasteiger partial charge >= 0.3 is 5.97 Å². The SMILES string of the molecule is CCOC(=O)c1ccc(C(=Cc2ccccc2)OCc2ccccc2)cc1. The molecule has 3 heteroatoms. The summed E-state index contributed by atoms with van der Waals surface area (Å²) < 4.78 is 11.2. The Morgan fingerprint density at radius 2 is 1.37 bits per heavy atom. The normalized spacial score (nSPS) is 11.1. The first kappa shape index (κ1) is 18.5. The van der Waals surface area contributed by atoms with Crippen LogP contribution in [0.25, 0.3) is 11.8 Å². The third kappa shape index (κ3) is 5.32. The summed E-state index contributed by atoms with van der Waals surface area (Å²) in [5.41, 5.74) is 3.58. The molecule has 0 aliphatic rings. The van der Waals surface area contributed by atoms with Crippen LogP contribution in [0.3, 0.4) is 0 Å². The van der Waals surface area contributed by atoms with Crippen LogP contribution in [-0.4, -0.2) is 12.6 Å². The molecular weight excluding hydrogens is 336 g/mol. The molecule has 0 aromatic heterocycles. The van der Waals surface area contributed by atoms with Crippen molar-refractivity contribution in [3.05, 3.63) is 107 Å². The summed E-state index contributed by atoms with van der Waals surface area (Å²) in [5, 5.41) is 0. The lowest BCUT2D eigenvalue weighted by molar-refractivity contribution is 0.0526. The molecule has 3 nitrogen and oxygen atoms in total. The topological polar surface area (TPSA) is 35.5 Å². The molecular formula is C24H22O3. The second-order valence-electron chi connectivity index (χ2n) is 5.99. The summed E-state index contributed by atoms with van der Waals surface area (Å²) in [5.74, 6) is 0.434. The minimum atomic E-state index is -0.317. The van der Waals surface area contributed by atoms with Crippen molar-refractivity contribution in [1.29, 1.82) is 0 Å². The van der Waals surface area contributed by atoms with Gasteiger partial charge in [0, 0.05) is 5.56 Å². The van der Waals surface area contributed by atoms with Crippen molar-refractivity contribution in [3.63, 3.8) is 0 Å². The van der Waals surface area contributed by atoms with E-state index in [2.05, 4.69) is 0 Å². The van der Waals surface area contributed by atoms with Crippen molar-refractivity contribution >= 4 is 17.8 Å². The van der Waals surface area contributed by atoms with E-state index in [9.17, 15) is 4.79 Å². The molecule has 0 spiro atoms. The van der Waals surface area contributed by atoms with Crippen LogP contribution >= 0.6 is 0 Å². The average Bonchev–Trinajstić information content (AvgIpc) is 2.73. The van der Waals surface area contributed by atoms with Crippen LogP contribution < -0.4 is 0 Å². The van der Waals surface area contributed by atoms with Gasteiger partial charge in [0.1, 0.15) is 12.4 Å². The number of hydrogen-bond donors (Lipinski definition) is 0. The van der Waals surface area contributed by atoms with Crippen LogP contribution in [0.4, 0.5) is 0 Å². The van der Waals surface area contributed by atoms with Crippen molar-refractivity contribution in [2.24, 2.45) is 0 Å². The number of esters is 1. The zero-order valence-electron chi connectivity index (χ0n) is 15.3. The van der Waals surface area contributed by atoms with Crippen LogP contribution in [0.1, 0.15) is 34.0 Å². The first-order chi connectivity index (χ1) is 13.3. The standard InChI is InChI=1S/C24H22O3/c1-2-26-24(25)22-15-13-21(14-16-22)23(17-19-9-5-3-6-10-19)27-18-20-11-7-4-8-12-20/h3-17H,2,18H2,1H3. The molecule has 0 bridgehead atoms. The third-order valence-corrected chi connectivity index (χ3v) is 4.02. The Morgan fingerprint density at radius 3 is 2.00 bits per heavy atom. The fourth-order valence-corrected chi connectivity index (χ4v) is 2.63. The molecule has 0 fully saturated rings. The quantitative estimate of drug-likeness (QED) is 0.314. The molecule has 136 valence electrons. The molecule has 3 rings (SSSR count). The fourth-order valence-electron chi connectivity index (χ4n) is 2.63. The van der Waals surface area contributed by atoms with E-state index in [4.69, 9.17) is 9.47 Å². The first-order valence-electron chi connectivity index (χ1n) is 8.97. The van der Waals surface area contributed by atoms with Gasteiger partial charge in [-0.3, -0.25) is 0 Å². The predicted molar refractivity (Wildman–Crippen MR) is 108 cm³/mol. The Bertz CT molecular complexity index is 882. The summed E-state index contributed by atoms with van der Waals surface area (Å²) in [6, 6.07) is 27.3. The Morgan fingerprint density at radius 1 is 0.778 bits per heavy atom. The van der Waals surface area contributed by atoms with Crippen molar-refractivity contribution < 1.29 is 14.3 Å². The highest BCUT2D eigenvalue weighted by atomic mass is 16.5. The van der Waals surface area contributed by atoms with Gasteiger partial charge in [0.25, 0.3) is 0 Å². The van der Waals surface area contributed by atoms with Crippen molar-refractivity contribution in [2.45, 2.75) is 13.5 Å². The molecule has 0 aliphatic heterocycles. The molecule has 3 aromatic rings. The number of carbonyl (C=O) groups excluding carboxylic acids is 1. The zero-order chi connectivity index (χ0) is 18.9. The number of hydrogen-bond acceptors (Lipinski definition) is 3. The molecule has 0 radical (unpaired) electrons. The maximum absolute atomic E-state index is 11.9. The van der Waals surface area contributed by atoms with Crippen LogP contribution in [-0.2, 0) is 16.1 Å².